The number of hydrogen-bond acceptors (Lipinski definition) is 1. The Morgan fingerprint density at radius 1 is 0.289 bits per heavy atom. The fourth-order valence-electron chi connectivity index (χ4n) is 7.33. The molecule has 0 unspecified atom stereocenters. The average Bonchev–Trinajstić information content (AvgIpc) is 3.62. The third-order valence-corrected chi connectivity index (χ3v) is 9.76. The van der Waals surface area contributed by atoms with Crippen LogP contribution in [0.4, 0.5) is 0 Å². The molecule has 0 fully saturated rings. The minimum Gasteiger partial charge on any atom is -0.456 e. The van der Waals surface area contributed by atoms with Crippen LogP contribution in [0.25, 0.3) is 67.2 Å². The maximum absolute atomic E-state index is 6.36. The second-order valence-electron chi connectivity index (χ2n) is 12.4. The van der Waals surface area contributed by atoms with Gasteiger partial charge in [-0.15, -0.1) is 0 Å². The highest BCUT2D eigenvalue weighted by Gasteiger charge is 2.18. The Morgan fingerprint density at radius 2 is 0.644 bits per heavy atom. The van der Waals surface area contributed by atoms with Gasteiger partial charge in [0.25, 0.3) is 0 Å². The molecule has 2 aliphatic carbocycles. The van der Waals surface area contributed by atoms with Crippen LogP contribution in [0.3, 0.4) is 0 Å². The van der Waals surface area contributed by atoms with Gasteiger partial charge in [-0.3, -0.25) is 0 Å². The highest BCUT2D eigenvalue weighted by atomic mass is 16.3. The summed E-state index contributed by atoms with van der Waals surface area (Å²) < 4.78 is 6.36. The van der Waals surface area contributed by atoms with E-state index < -0.39 is 0 Å². The summed E-state index contributed by atoms with van der Waals surface area (Å²) in [4.78, 5) is 0. The van der Waals surface area contributed by atoms with Crippen molar-refractivity contribution in [1.82, 2.24) is 0 Å². The number of rotatable bonds is 4. The molecule has 2 aliphatic rings. The first-order valence-electron chi connectivity index (χ1n) is 16.0. The van der Waals surface area contributed by atoms with E-state index in [0.717, 1.165) is 48.3 Å². The van der Waals surface area contributed by atoms with E-state index in [-0.39, 0.29) is 0 Å². The maximum atomic E-state index is 6.36. The summed E-state index contributed by atoms with van der Waals surface area (Å²) in [6, 6.07) is 53.1. The highest BCUT2D eigenvalue weighted by molar-refractivity contribution is 5.80. The van der Waals surface area contributed by atoms with Crippen LogP contribution in [-0.4, -0.2) is 0 Å². The molecule has 9 rings (SSSR count). The second-order valence-corrected chi connectivity index (χ2v) is 12.4. The van der Waals surface area contributed by atoms with E-state index in [9.17, 15) is 0 Å². The summed E-state index contributed by atoms with van der Waals surface area (Å²) in [5.74, 6) is 1.77. The Labute approximate surface area is 264 Å². The van der Waals surface area contributed by atoms with Crippen LogP contribution in [0.15, 0.2) is 150 Å². The first-order valence-corrected chi connectivity index (χ1v) is 16.0. The van der Waals surface area contributed by atoms with Gasteiger partial charge in [-0.1, -0.05) is 133 Å². The molecule has 1 heterocycles. The lowest BCUT2D eigenvalue weighted by Gasteiger charge is -2.20. The van der Waals surface area contributed by atoms with Crippen molar-refractivity contribution in [3.8, 4) is 67.2 Å². The maximum Gasteiger partial charge on any atom is 0.134 e. The fraction of sp³-hybridized carbons (Fsp3) is 0.0909. The number of fused-ring (bicyclic) bond motifs is 6. The van der Waals surface area contributed by atoms with E-state index in [1.165, 1.54) is 66.8 Å². The van der Waals surface area contributed by atoms with Crippen LogP contribution in [0.2, 0.25) is 0 Å². The molecule has 1 nitrogen and oxygen atoms in total. The summed E-state index contributed by atoms with van der Waals surface area (Å²) in [5, 5.41) is 0. The lowest BCUT2D eigenvalue weighted by molar-refractivity contribution is 0.597. The topological polar surface area (TPSA) is 13.1 Å². The molecule has 0 saturated carbocycles. The largest absolute Gasteiger partial charge is 0.456 e. The Balaban J connectivity index is 0.930. The van der Waals surface area contributed by atoms with Crippen molar-refractivity contribution >= 4 is 0 Å². The van der Waals surface area contributed by atoms with E-state index in [1.54, 1.807) is 0 Å². The third-order valence-electron chi connectivity index (χ3n) is 9.76. The van der Waals surface area contributed by atoms with E-state index in [4.69, 9.17) is 4.42 Å². The standard InChI is InChI=1S/C44H32O/c1-3-7-39-31(5-1)13-19-37-27-35(21-23-41(37)39)29-9-15-33(16-10-29)43-25-26-44(45-43)34-17-11-30(12-18-34)36-22-24-42-38(28-36)20-14-32-6-2-4-8-40(32)42/h1-12,15-18,21-28H,13-14,19-20H2. The van der Waals surface area contributed by atoms with Crippen LogP contribution < -0.4 is 0 Å². The zero-order valence-corrected chi connectivity index (χ0v) is 25.1. The van der Waals surface area contributed by atoms with Crippen LogP contribution in [0.5, 0.6) is 0 Å². The molecule has 0 bridgehead atoms. The Bertz CT molecular complexity index is 2040. The Kier molecular flexibility index (Phi) is 6.16. The normalized spacial score (nSPS) is 13.0. The summed E-state index contributed by atoms with van der Waals surface area (Å²) in [6.07, 6.45) is 4.41. The van der Waals surface area contributed by atoms with E-state index in [0.29, 0.717) is 0 Å². The minimum absolute atomic E-state index is 0.887. The molecule has 0 radical (unpaired) electrons. The molecule has 7 aromatic rings. The average molecular weight is 577 g/mol. The van der Waals surface area contributed by atoms with Crippen molar-refractivity contribution in [2.45, 2.75) is 25.7 Å². The zero-order valence-electron chi connectivity index (χ0n) is 25.1. The molecule has 1 aromatic heterocycles. The van der Waals surface area contributed by atoms with E-state index in [1.807, 2.05) is 0 Å². The Morgan fingerprint density at radius 3 is 1.11 bits per heavy atom. The van der Waals surface area contributed by atoms with Gasteiger partial charge >= 0.3 is 0 Å². The molecular weight excluding hydrogens is 544 g/mol. The van der Waals surface area contributed by atoms with Crippen molar-refractivity contribution in [2.75, 3.05) is 0 Å². The van der Waals surface area contributed by atoms with Gasteiger partial charge in [0, 0.05) is 11.1 Å². The lowest BCUT2D eigenvalue weighted by Crippen LogP contribution is -2.03. The predicted octanol–water partition coefficient (Wildman–Crippen LogP) is 11.5. The van der Waals surface area contributed by atoms with Gasteiger partial charge in [-0.2, -0.15) is 0 Å². The van der Waals surface area contributed by atoms with E-state index >= 15 is 0 Å². The zero-order chi connectivity index (χ0) is 29.7. The van der Waals surface area contributed by atoms with Crippen LogP contribution >= 0.6 is 0 Å². The molecular formula is C44H32O. The monoisotopic (exact) mass is 576 g/mol. The van der Waals surface area contributed by atoms with Gasteiger partial charge in [0.1, 0.15) is 11.5 Å². The number of hydrogen-bond donors (Lipinski definition) is 0. The smallest absolute Gasteiger partial charge is 0.134 e. The second kappa shape index (κ2) is 10.6. The van der Waals surface area contributed by atoms with Gasteiger partial charge in [-0.25, -0.2) is 0 Å². The van der Waals surface area contributed by atoms with Crippen LogP contribution in [0.1, 0.15) is 22.3 Å². The summed E-state index contributed by atoms with van der Waals surface area (Å²) in [6.45, 7) is 0. The third kappa shape index (κ3) is 4.64. The fourth-order valence-corrected chi connectivity index (χ4v) is 7.33. The number of furan rings is 1. The molecule has 0 aliphatic heterocycles. The van der Waals surface area contributed by atoms with Crippen molar-refractivity contribution in [1.29, 1.82) is 0 Å². The minimum atomic E-state index is 0.887. The van der Waals surface area contributed by atoms with Crippen molar-refractivity contribution in [3.05, 3.63) is 168 Å². The van der Waals surface area contributed by atoms with Crippen molar-refractivity contribution in [2.24, 2.45) is 0 Å². The molecule has 0 saturated heterocycles. The van der Waals surface area contributed by atoms with Gasteiger partial charge in [0.15, 0.2) is 0 Å². The summed E-state index contributed by atoms with van der Waals surface area (Å²) in [5.41, 5.74) is 18.5. The van der Waals surface area contributed by atoms with Crippen molar-refractivity contribution < 1.29 is 4.42 Å². The quantitative estimate of drug-likeness (QED) is 0.203. The summed E-state index contributed by atoms with van der Waals surface area (Å²) >= 11 is 0. The molecule has 0 N–H and O–H groups in total. The highest BCUT2D eigenvalue weighted by Crippen LogP contribution is 2.38. The van der Waals surface area contributed by atoms with Gasteiger partial charge in [-0.05, 0) is 105 Å². The van der Waals surface area contributed by atoms with Crippen molar-refractivity contribution in [3.63, 3.8) is 0 Å². The molecule has 0 atom stereocenters. The number of aryl methyl sites for hydroxylation is 4. The van der Waals surface area contributed by atoms with Gasteiger partial charge < -0.3 is 4.42 Å². The van der Waals surface area contributed by atoms with E-state index in [2.05, 4.69) is 146 Å². The Hall–Kier alpha value is -5.40. The predicted molar refractivity (Wildman–Crippen MR) is 186 cm³/mol. The van der Waals surface area contributed by atoms with Gasteiger partial charge in [0.05, 0.1) is 0 Å². The first kappa shape index (κ1) is 26.0. The first-order chi connectivity index (χ1) is 22.3. The molecule has 0 spiro atoms. The molecule has 6 aromatic carbocycles. The summed E-state index contributed by atoms with van der Waals surface area (Å²) in [7, 11) is 0. The molecule has 214 valence electrons. The lowest BCUT2D eigenvalue weighted by atomic mass is 9.84. The molecule has 0 amide bonds. The molecule has 45 heavy (non-hydrogen) atoms. The van der Waals surface area contributed by atoms with Crippen LogP contribution in [-0.2, 0) is 25.7 Å². The van der Waals surface area contributed by atoms with Crippen LogP contribution in [0, 0.1) is 0 Å². The molecule has 1 heteroatoms. The van der Waals surface area contributed by atoms with Gasteiger partial charge in [0.2, 0.25) is 0 Å². The SMILES string of the molecule is c1ccc2c(c1)CCc1cc(-c3ccc(-c4ccc(-c5ccc(-c6ccc7c(c6)CCc6ccccc6-7)cc5)o4)cc3)ccc1-2. The number of benzene rings is 6.